The van der Waals surface area contributed by atoms with Gasteiger partial charge in [0.05, 0.1) is 9.90 Å². The van der Waals surface area contributed by atoms with Crippen LogP contribution in [0.15, 0.2) is 10.3 Å². The van der Waals surface area contributed by atoms with Crippen LogP contribution < -0.4 is 0 Å². The summed E-state index contributed by atoms with van der Waals surface area (Å²) in [6, 6.07) is 1.94. The van der Waals surface area contributed by atoms with E-state index in [0.29, 0.717) is 0 Å². The summed E-state index contributed by atoms with van der Waals surface area (Å²) in [5.41, 5.74) is 1.05. The molecule has 0 fully saturated rings. The van der Waals surface area contributed by atoms with Crippen molar-refractivity contribution < 1.29 is 0 Å². The lowest BCUT2D eigenvalue weighted by atomic mass is 10.5. The van der Waals surface area contributed by atoms with Gasteiger partial charge in [0.15, 0.2) is 0 Å². The van der Waals surface area contributed by atoms with Crippen molar-refractivity contribution in [2.24, 2.45) is 0 Å². The molecule has 0 unspecified atom stereocenters. The molecule has 38 valence electrons. The maximum atomic E-state index is 4.06. The number of nitrogens with zero attached hydrogens (tertiary/aromatic N) is 1. The predicted molar refractivity (Wildman–Crippen MR) is 34.1 cm³/mol. The van der Waals surface area contributed by atoms with Crippen LogP contribution in [0.2, 0.25) is 0 Å². The zero-order chi connectivity index (χ0) is 5.28. The van der Waals surface area contributed by atoms with Crippen LogP contribution in [0, 0.1) is 6.92 Å². The Kier molecular flexibility index (Phi) is 1.35. The first-order valence-corrected chi connectivity index (χ1v) is 3.13. The first-order valence-electron chi connectivity index (χ1n) is 1.91. The van der Waals surface area contributed by atoms with E-state index in [1.54, 1.807) is 0 Å². The second kappa shape index (κ2) is 1.84. The SMILES string of the molecule is Cc1cc(S)sn1. The summed E-state index contributed by atoms with van der Waals surface area (Å²) >= 11 is 5.48. The van der Waals surface area contributed by atoms with Gasteiger partial charge in [-0.1, -0.05) is 0 Å². The van der Waals surface area contributed by atoms with Crippen LogP contribution in [0.4, 0.5) is 0 Å². The average molecular weight is 131 g/mol. The first kappa shape index (κ1) is 5.12. The molecule has 1 heterocycles. The Hall–Kier alpha value is -0.0200. The van der Waals surface area contributed by atoms with Gasteiger partial charge in [-0.25, -0.2) is 0 Å². The van der Waals surface area contributed by atoms with E-state index < -0.39 is 0 Å². The van der Waals surface area contributed by atoms with Crippen molar-refractivity contribution in [3.63, 3.8) is 0 Å². The van der Waals surface area contributed by atoms with Crippen LogP contribution in [0.3, 0.4) is 0 Å². The van der Waals surface area contributed by atoms with Crippen LogP contribution in [-0.4, -0.2) is 4.37 Å². The molecule has 0 aliphatic heterocycles. The van der Waals surface area contributed by atoms with Crippen LogP contribution in [-0.2, 0) is 0 Å². The van der Waals surface area contributed by atoms with Gasteiger partial charge in [0.2, 0.25) is 0 Å². The fourth-order valence-electron chi connectivity index (χ4n) is 0.350. The highest BCUT2D eigenvalue weighted by molar-refractivity contribution is 7.82. The minimum absolute atomic E-state index is 0.984. The molecule has 0 aromatic carbocycles. The van der Waals surface area contributed by atoms with Gasteiger partial charge in [0.1, 0.15) is 0 Å². The van der Waals surface area contributed by atoms with Gasteiger partial charge in [-0.3, -0.25) is 0 Å². The maximum absolute atomic E-state index is 4.06. The third-order valence-corrected chi connectivity index (χ3v) is 1.67. The molecule has 0 spiro atoms. The lowest BCUT2D eigenvalue weighted by molar-refractivity contribution is 1.34. The molecule has 0 aliphatic rings. The van der Waals surface area contributed by atoms with Crippen molar-refractivity contribution >= 4 is 24.2 Å². The summed E-state index contributed by atoms with van der Waals surface area (Å²) < 4.78 is 4.97. The van der Waals surface area contributed by atoms with Crippen molar-refractivity contribution in [2.45, 2.75) is 11.1 Å². The molecule has 0 bridgehead atoms. The van der Waals surface area contributed by atoms with Crippen molar-refractivity contribution in [3.05, 3.63) is 11.8 Å². The van der Waals surface area contributed by atoms with Gasteiger partial charge < -0.3 is 0 Å². The highest BCUT2D eigenvalue weighted by Gasteiger charge is 1.87. The predicted octanol–water partition coefficient (Wildman–Crippen LogP) is 1.74. The molecule has 0 atom stereocenters. The molecule has 0 saturated heterocycles. The van der Waals surface area contributed by atoms with Crippen LogP contribution in [0.5, 0.6) is 0 Å². The number of aromatic nitrogens is 1. The Morgan fingerprint density at radius 1 is 1.86 bits per heavy atom. The van der Waals surface area contributed by atoms with E-state index in [1.165, 1.54) is 11.5 Å². The molecule has 0 N–H and O–H groups in total. The van der Waals surface area contributed by atoms with Crippen LogP contribution >= 0.6 is 24.2 Å². The second-order valence-electron chi connectivity index (χ2n) is 1.31. The van der Waals surface area contributed by atoms with Gasteiger partial charge in [0.25, 0.3) is 0 Å². The van der Waals surface area contributed by atoms with E-state index in [4.69, 9.17) is 0 Å². The zero-order valence-corrected chi connectivity index (χ0v) is 5.59. The van der Waals surface area contributed by atoms with Crippen LogP contribution in [0.25, 0.3) is 0 Å². The van der Waals surface area contributed by atoms with Gasteiger partial charge >= 0.3 is 0 Å². The smallest absolute Gasteiger partial charge is 0.0778 e. The molecule has 0 amide bonds. The number of hydrogen-bond acceptors (Lipinski definition) is 3. The standard InChI is InChI=1S/C4H5NS2/c1-3-2-4(6)7-5-3/h2,6H,1H3. The van der Waals surface area contributed by atoms with E-state index in [-0.39, 0.29) is 0 Å². The van der Waals surface area contributed by atoms with Crippen molar-refractivity contribution in [1.82, 2.24) is 4.37 Å². The monoisotopic (exact) mass is 131 g/mol. The van der Waals surface area contributed by atoms with Crippen molar-refractivity contribution in [3.8, 4) is 0 Å². The number of aryl methyl sites for hydroxylation is 1. The molecule has 0 aliphatic carbocycles. The molecule has 0 radical (unpaired) electrons. The molecular formula is C4H5NS2. The Balaban J connectivity index is 3.04. The number of rotatable bonds is 0. The van der Waals surface area contributed by atoms with E-state index in [2.05, 4.69) is 17.0 Å². The summed E-state index contributed by atoms with van der Waals surface area (Å²) in [5.74, 6) is 0. The van der Waals surface area contributed by atoms with E-state index in [9.17, 15) is 0 Å². The normalized spacial score (nSPS) is 9.43. The molecule has 1 aromatic rings. The number of hydrogen-bond donors (Lipinski definition) is 1. The summed E-state index contributed by atoms with van der Waals surface area (Å²) in [4.78, 5) is 0. The largest absolute Gasteiger partial charge is 0.197 e. The Morgan fingerprint density at radius 3 is 2.71 bits per heavy atom. The fraction of sp³-hybridized carbons (Fsp3) is 0.250. The molecule has 1 aromatic heterocycles. The third kappa shape index (κ3) is 1.17. The summed E-state index contributed by atoms with van der Waals surface area (Å²) in [6.45, 7) is 1.95. The van der Waals surface area contributed by atoms with Crippen molar-refractivity contribution in [1.29, 1.82) is 0 Å². The quantitative estimate of drug-likeness (QED) is 0.529. The van der Waals surface area contributed by atoms with Gasteiger partial charge in [-0.05, 0) is 24.5 Å². The molecule has 3 heteroatoms. The number of thiol groups is 1. The Morgan fingerprint density at radius 2 is 2.57 bits per heavy atom. The summed E-state index contributed by atoms with van der Waals surface area (Å²) in [6.07, 6.45) is 0. The molecule has 1 rings (SSSR count). The minimum atomic E-state index is 0.984. The summed E-state index contributed by atoms with van der Waals surface area (Å²) in [7, 11) is 0. The highest BCUT2D eigenvalue weighted by atomic mass is 32.2. The Bertz CT molecular complexity index is 142. The highest BCUT2D eigenvalue weighted by Crippen LogP contribution is 2.11. The lowest BCUT2D eigenvalue weighted by Gasteiger charge is -1.66. The van der Waals surface area contributed by atoms with Gasteiger partial charge in [-0.2, -0.15) is 4.37 Å². The molecule has 0 saturated carbocycles. The summed E-state index contributed by atoms with van der Waals surface area (Å²) in [5, 5.41) is 0. The second-order valence-corrected chi connectivity index (χ2v) is 2.90. The van der Waals surface area contributed by atoms with Gasteiger partial charge in [0, 0.05) is 0 Å². The van der Waals surface area contributed by atoms with E-state index >= 15 is 0 Å². The maximum Gasteiger partial charge on any atom is 0.0778 e. The average Bonchev–Trinajstić information content (AvgIpc) is 1.87. The van der Waals surface area contributed by atoms with Crippen LogP contribution in [0.1, 0.15) is 5.69 Å². The van der Waals surface area contributed by atoms with E-state index in [1.807, 2.05) is 13.0 Å². The fourth-order valence-corrected chi connectivity index (χ4v) is 1.17. The Labute approximate surface area is 52.0 Å². The molecule has 7 heavy (non-hydrogen) atoms. The topological polar surface area (TPSA) is 12.9 Å². The molecular weight excluding hydrogens is 126 g/mol. The zero-order valence-electron chi connectivity index (χ0n) is 3.88. The minimum Gasteiger partial charge on any atom is -0.197 e. The lowest BCUT2D eigenvalue weighted by Crippen LogP contribution is -1.58. The first-order chi connectivity index (χ1) is 3.29. The molecule has 1 nitrogen and oxygen atoms in total. The van der Waals surface area contributed by atoms with Crippen molar-refractivity contribution in [2.75, 3.05) is 0 Å². The third-order valence-electron chi connectivity index (χ3n) is 0.616. The van der Waals surface area contributed by atoms with Gasteiger partial charge in [-0.15, -0.1) is 12.6 Å². The van der Waals surface area contributed by atoms with E-state index in [0.717, 1.165) is 9.90 Å².